The molecule has 0 aliphatic heterocycles. The SMILES string of the molecule is CCN(CCO)C(=O)c1cccc(CBr)c1. The van der Waals surface area contributed by atoms with Crippen molar-refractivity contribution in [2.24, 2.45) is 0 Å². The fourth-order valence-corrected chi connectivity index (χ4v) is 1.84. The second kappa shape index (κ2) is 6.66. The molecule has 0 bridgehead atoms. The number of likely N-dealkylation sites (N-methyl/N-ethyl adjacent to an activating group) is 1. The van der Waals surface area contributed by atoms with Gasteiger partial charge in [0.2, 0.25) is 0 Å². The van der Waals surface area contributed by atoms with Gasteiger partial charge in [-0.15, -0.1) is 0 Å². The van der Waals surface area contributed by atoms with Gasteiger partial charge in [-0.05, 0) is 24.6 Å². The molecule has 1 aromatic rings. The lowest BCUT2D eigenvalue weighted by Gasteiger charge is -2.19. The number of hydrogen-bond acceptors (Lipinski definition) is 2. The molecule has 0 aromatic heterocycles. The van der Waals surface area contributed by atoms with Crippen molar-refractivity contribution in [2.45, 2.75) is 12.3 Å². The second-order valence-electron chi connectivity index (χ2n) is 3.44. The summed E-state index contributed by atoms with van der Waals surface area (Å²) < 4.78 is 0. The highest BCUT2D eigenvalue weighted by Crippen LogP contribution is 2.11. The summed E-state index contributed by atoms with van der Waals surface area (Å²) in [6.45, 7) is 2.89. The zero-order chi connectivity index (χ0) is 12.0. The van der Waals surface area contributed by atoms with Crippen molar-refractivity contribution in [1.82, 2.24) is 4.90 Å². The van der Waals surface area contributed by atoms with Crippen molar-refractivity contribution >= 4 is 21.8 Å². The van der Waals surface area contributed by atoms with E-state index < -0.39 is 0 Å². The molecule has 0 spiro atoms. The third-order valence-electron chi connectivity index (χ3n) is 2.37. The summed E-state index contributed by atoms with van der Waals surface area (Å²) in [4.78, 5) is 13.7. The molecular formula is C12H16BrNO2. The number of aliphatic hydroxyl groups excluding tert-OH is 1. The molecule has 0 radical (unpaired) electrons. The third-order valence-corrected chi connectivity index (χ3v) is 3.01. The topological polar surface area (TPSA) is 40.5 Å². The van der Waals surface area contributed by atoms with Crippen LogP contribution in [0.1, 0.15) is 22.8 Å². The van der Waals surface area contributed by atoms with Crippen molar-refractivity contribution in [1.29, 1.82) is 0 Å². The second-order valence-corrected chi connectivity index (χ2v) is 4.00. The molecule has 16 heavy (non-hydrogen) atoms. The number of hydrogen-bond donors (Lipinski definition) is 1. The van der Waals surface area contributed by atoms with E-state index in [1.54, 1.807) is 11.0 Å². The van der Waals surface area contributed by atoms with E-state index >= 15 is 0 Å². The van der Waals surface area contributed by atoms with Gasteiger partial charge in [-0.1, -0.05) is 28.1 Å². The fraction of sp³-hybridized carbons (Fsp3) is 0.417. The molecule has 4 heteroatoms. The molecule has 3 nitrogen and oxygen atoms in total. The summed E-state index contributed by atoms with van der Waals surface area (Å²) in [7, 11) is 0. The molecule has 1 N–H and O–H groups in total. The minimum Gasteiger partial charge on any atom is -0.395 e. The molecule has 1 rings (SSSR count). The Hall–Kier alpha value is -0.870. The van der Waals surface area contributed by atoms with Gasteiger partial charge in [0.25, 0.3) is 5.91 Å². The number of rotatable bonds is 5. The Bertz CT molecular complexity index is 355. The van der Waals surface area contributed by atoms with E-state index in [9.17, 15) is 4.79 Å². The first-order chi connectivity index (χ1) is 7.72. The van der Waals surface area contributed by atoms with Crippen molar-refractivity contribution < 1.29 is 9.90 Å². The molecule has 0 saturated heterocycles. The Morgan fingerprint density at radius 3 is 2.81 bits per heavy atom. The number of benzene rings is 1. The molecule has 1 aromatic carbocycles. The van der Waals surface area contributed by atoms with Gasteiger partial charge in [-0.2, -0.15) is 0 Å². The maximum absolute atomic E-state index is 12.0. The third kappa shape index (κ3) is 3.32. The highest BCUT2D eigenvalue weighted by atomic mass is 79.9. The van der Waals surface area contributed by atoms with Gasteiger partial charge < -0.3 is 10.0 Å². The molecule has 0 fully saturated rings. The van der Waals surface area contributed by atoms with E-state index in [0.717, 1.165) is 10.9 Å². The number of aliphatic hydroxyl groups is 1. The fourth-order valence-electron chi connectivity index (χ4n) is 1.49. The molecule has 0 atom stereocenters. The predicted octanol–water partition coefficient (Wildman–Crippen LogP) is 2.04. The van der Waals surface area contributed by atoms with Gasteiger partial charge in [0.15, 0.2) is 0 Å². The van der Waals surface area contributed by atoms with Gasteiger partial charge in [0.1, 0.15) is 0 Å². The lowest BCUT2D eigenvalue weighted by Crippen LogP contribution is -2.33. The number of alkyl halides is 1. The van der Waals surface area contributed by atoms with E-state index in [-0.39, 0.29) is 12.5 Å². The first kappa shape index (κ1) is 13.2. The number of nitrogens with zero attached hydrogens (tertiary/aromatic N) is 1. The van der Waals surface area contributed by atoms with Gasteiger partial charge in [-0.25, -0.2) is 0 Å². The molecular weight excluding hydrogens is 270 g/mol. The largest absolute Gasteiger partial charge is 0.395 e. The molecule has 0 heterocycles. The van der Waals surface area contributed by atoms with Crippen molar-refractivity contribution in [3.05, 3.63) is 35.4 Å². The van der Waals surface area contributed by atoms with E-state index in [1.807, 2.05) is 25.1 Å². The Morgan fingerprint density at radius 2 is 2.25 bits per heavy atom. The predicted molar refractivity (Wildman–Crippen MR) is 67.7 cm³/mol. The van der Waals surface area contributed by atoms with Crippen molar-refractivity contribution in [3.63, 3.8) is 0 Å². The monoisotopic (exact) mass is 285 g/mol. The van der Waals surface area contributed by atoms with Crippen LogP contribution >= 0.6 is 15.9 Å². The van der Waals surface area contributed by atoms with E-state index in [4.69, 9.17) is 5.11 Å². The number of carbonyl (C=O) groups excluding carboxylic acids is 1. The van der Waals surface area contributed by atoms with Crippen molar-refractivity contribution in [2.75, 3.05) is 19.7 Å². The smallest absolute Gasteiger partial charge is 0.253 e. The van der Waals surface area contributed by atoms with Crippen LogP contribution in [-0.2, 0) is 5.33 Å². The molecule has 88 valence electrons. The summed E-state index contributed by atoms with van der Waals surface area (Å²) in [6.07, 6.45) is 0. The average molecular weight is 286 g/mol. The number of halogens is 1. The Labute approximate surface area is 104 Å². The minimum atomic E-state index is -0.0284. The van der Waals surface area contributed by atoms with Crippen LogP contribution in [0.2, 0.25) is 0 Å². The summed E-state index contributed by atoms with van der Waals surface area (Å²) in [6, 6.07) is 7.51. The van der Waals surface area contributed by atoms with E-state index in [1.165, 1.54) is 0 Å². The standard InChI is InChI=1S/C12H16BrNO2/c1-2-14(6-7-15)12(16)11-5-3-4-10(8-11)9-13/h3-5,8,15H,2,6-7,9H2,1H3. The Morgan fingerprint density at radius 1 is 1.50 bits per heavy atom. The van der Waals surface area contributed by atoms with Crippen LogP contribution < -0.4 is 0 Å². The number of carbonyl (C=O) groups is 1. The summed E-state index contributed by atoms with van der Waals surface area (Å²) in [5, 5.41) is 9.60. The zero-order valence-corrected chi connectivity index (χ0v) is 10.9. The summed E-state index contributed by atoms with van der Waals surface area (Å²) >= 11 is 3.36. The van der Waals surface area contributed by atoms with Crippen LogP contribution in [0.15, 0.2) is 24.3 Å². The summed E-state index contributed by atoms with van der Waals surface area (Å²) in [5.74, 6) is -0.0284. The first-order valence-corrected chi connectivity index (χ1v) is 6.40. The molecule has 1 amide bonds. The minimum absolute atomic E-state index is 0.00227. The first-order valence-electron chi connectivity index (χ1n) is 5.28. The lowest BCUT2D eigenvalue weighted by atomic mass is 10.1. The molecule has 0 aliphatic carbocycles. The number of amides is 1. The highest BCUT2D eigenvalue weighted by Gasteiger charge is 2.13. The van der Waals surface area contributed by atoms with Crippen LogP contribution in [0.3, 0.4) is 0 Å². The quantitative estimate of drug-likeness (QED) is 0.841. The zero-order valence-electron chi connectivity index (χ0n) is 9.32. The lowest BCUT2D eigenvalue weighted by molar-refractivity contribution is 0.0732. The Kier molecular flexibility index (Phi) is 5.49. The van der Waals surface area contributed by atoms with Gasteiger partial charge in [0, 0.05) is 24.0 Å². The van der Waals surface area contributed by atoms with E-state index in [0.29, 0.717) is 18.7 Å². The normalized spacial score (nSPS) is 10.2. The van der Waals surface area contributed by atoms with Crippen molar-refractivity contribution in [3.8, 4) is 0 Å². The van der Waals surface area contributed by atoms with Gasteiger partial charge in [-0.3, -0.25) is 4.79 Å². The van der Waals surface area contributed by atoms with Crippen LogP contribution in [0, 0.1) is 0 Å². The van der Waals surface area contributed by atoms with Crippen LogP contribution in [0.4, 0.5) is 0 Å². The Balaban J connectivity index is 2.85. The molecule has 0 unspecified atom stereocenters. The van der Waals surface area contributed by atoms with Crippen LogP contribution in [0.5, 0.6) is 0 Å². The molecule has 0 saturated carbocycles. The highest BCUT2D eigenvalue weighted by molar-refractivity contribution is 9.08. The van der Waals surface area contributed by atoms with E-state index in [2.05, 4.69) is 15.9 Å². The average Bonchev–Trinajstić information content (AvgIpc) is 2.35. The van der Waals surface area contributed by atoms with Crippen LogP contribution in [0.25, 0.3) is 0 Å². The maximum Gasteiger partial charge on any atom is 0.253 e. The maximum atomic E-state index is 12.0. The van der Waals surface area contributed by atoms with Crippen LogP contribution in [-0.4, -0.2) is 35.6 Å². The van der Waals surface area contributed by atoms with Gasteiger partial charge in [0.05, 0.1) is 6.61 Å². The summed E-state index contributed by atoms with van der Waals surface area (Å²) in [5.41, 5.74) is 1.75. The van der Waals surface area contributed by atoms with Gasteiger partial charge >= 0.3 is 0 Å². The molecule has 0 aliphatic rings.